The number of hydrogen-bond acceptors (Lipinski definition) is 6. The Hall–Kier alpha value is -4.52. The van der Waals surface area contributed by atoms with Crippen LogP contribution in [0, 0.1) is 0 Å². The highest BCUT2D eigenvalue weighted by atomic mass is 16.5. The van der Waals surface area contributed by atoms with Crippen molar-refractivity contribution in [2.45, 2.75) is 12.6 Å². The molecule has 1 N–H and O–H groups in total. The molecule has 7 heteroatoms. The number of aliphatic hydroxyl groups is 1. The number of fused-ring (bicyclic) bond motifs is 1. The largest absolute Gasteiger partial charge is 0.507 e. The summed E-state index contributed by atoms with van der Waals surface area (Å²) in [6.07, 6.45) is 1.51. The third-order valence-corrected chi connectivity index (χ3v) is 6.23. The second kappa shape index (κ2) is 9.02. The van der Waals surface area contributed by atoms with Gasteiger partial charge in [0.05, 0.1) is 44.2 Å². The summed E-state index contributed by atoms with van der Waals surface area (Å²) < 4.78 is 16.2. The van der Waals surface area contributed by atoms with Crippen molar-refractivity contribution in [3.63, 3.8) is 0 Å². The van der Waals surface area contributed by atoms with E-state index in [1.54, 1.807) is 30.3 Å². The van der Waals surface area contributed by atoms with Crippen molar-refractivity contribution >= 4 is 28.2 Å². The lowest BCUT2D eigenvalue weighted by Crippen LogP contribution is -2.29. The number of ketones is 1. The number of rotatable bonds is 6. The van der Waals surface area contributed by atoms with Crippen LogP contribution in [0.5, 0.6) is 11.5 Å². The van der Waals surface area contributed by atoms with E-state index in [4.69, 9.17) is 13.9 Å². The number of methoxy groups -OCH3 is 2. The number of hydrogen-bond donors (Lipinski definition) is 1. The van der Waals surface area contributed by atoms with Gasteiger partial charge >= 0.3 is 0 Å². The van der Waals surface area contributed by atoms with Gasteiger partial charge in [0.1, 0.15) is 23.0 Å². The van der Waals surface area contributed by atoms with Gasteiger partial charge in [0.15, 0.2) is 0 Å². The number of furan rings is 1. The van der Waals surface area contributed by atoms with Crippen molar-refractivity contribution in [3.05, 3.63) is 102 Å². The van der Waals surface area contributed by atoms with Crippen LogP contribution in [0.1, 0.15) is 22.9 Å². The van der Waals surface area contributed by atoms with Crippen molar-refractivity contribution in [3.8, 4) is 11.5 Å². The fraction of sp³-hybridized carbons (Fsp3) is 0.143. The molecule has 1 aliphatic heterocycles. The van der Waals surface area contributed by atoms with Gasteiger partial charge in [-0.1, -0.05) is 42.5 Å². The molecule has 1 amide bonds. The molecule has 0 spiro atoms. The molecule has 3 aromatic carbocycles. The molecule has 1 saturated heterocycles. The van der Waals surface area contributed by atoms with Crippen molar-refractivity contribution in [1.29, 1.82) is 0 Å². The van der Waals surface area contributed by atoms with Gasteiger partial charge in [0.25, 0.3) is 11.7 Å². The minimum Gasteiger partial charge on any atom is -0.507 e. The molecule has 0 saturated carbocycles. The van der Waals surface area contributed by atoms with E-state index in [1.807, 2.05) is 42.5 Å². The van der Waals surface area contributed by atoms with Gasteiger partial charge < -0.3 is 23.9 Å². The molecule has 1 aliphatic rings. The Bertz CT molecular complexity index is 1450. The average Bonchev–Trinajstić information content (AvgIpc) is 3.50. The number of Topliss-reactive ketones (excluding diaryl/α,β-unsaturated/α-hetero) is 1. The minimum absolute atomic E-state index is 0.0236. The number of nitrogens with zero attached hydrogens (tertiary/aromatic N) is 1. The van der Waals surface area contributed by atoms with Crippen molar-refractivity contribution in [1.82, 2.24) is 4.90 Å². The fourth-order valence-electron chi connectivity index (χ4n) is 4.57. The van der Waals surface area contributed by atoms with Gasteiger partial charge in [-0.25, -0.2) is 0 Å². The molecule has 1 atom stereocenters. The number of carbonyl (C=O) groups excluding carboxylic acids is 2. The van der Waals surface area contributed by atoms with Crippen LogP contribution in [0.4, 0.5) is 0 Å². The van der Waals surface area contributed by atoms with E-state index in [1.165, 1.54) is 25.4 Å². The summed E-state index contributed by atoms with van der Waals surface area (Å²) in [5.41, 5.74) is 0.954. The summed E-state index contributed by atoms with van der Waals surface area (Å²) >= 11 is 0. The lowest BCUT2D eigenvalue weighted by Gasteiger charge is -2.26. The fourth-order valence-corrected chi connectivity index (χ4v) is 4.57. The zero-order chi connectivity index (χ0) is 24.5. The van der Waals surface area contributed by atoms with Gasteiger partial charge in [-0.15, -0.1) is 0 Å². The Kier molecular flexibility index (Phi) is 5.74. The predicted molar refractivity (Wildman–Crippen MR) is 130 cm³/mol. The van der Waals surface area contributed by atoms with E-state index in [-0.39, 0.29) is 23.4 Å². The second-order valence-electron chi connectivity index (χ2n) is 8.14. The molecule has 4 aromatic rings. The van der Waals surface area contributed by atoms with Crippen LogP contribution in [-0.4, -0.2) is 35.9 Å². The molecule has 1 unspecified atom stereocenters. The van der Waals surface area contributed by atoms with Crippen LogP contribution in [-0.2, 0) is 16.1 Å². The maximum Gasteiger partial charge on any atom is 0.296 e. The Balaban J connectivity index is 1.77. The van der Waals surface area contributed by atoms with Crippen LogP contribution < -0.4 is 9.47 Å². The molecule has 1 aromatic heterocycles. The number of amides is 1. The smallest absolute Gasteiger partial charge is 0.296 e. The molecule has 0 bridgehead atoms. The van der Waals surface area contributed by atoms with E-state index >= 15 is 0 Å². The maximum atomic E-state index is 13.4. The molecule has 5 rings (SSSR count). The highest BCUT2D eigenvalue weighted by molar-refractivity contribution is 6.46. The molecule has 1 fully saturated rings. The summed E-state index contributed by atoms with van der Waals surface area (Å²) in [5.74, 6) is -0.495. The lowest BCUT2D eigenvalue weighted by molar-refractivity contribution is -0.140. The first kappa shape index (κ1) is 22.3. The Morgan fingerprint density at radius 1 is 0.971 bits per heavy atom. The third kappa shape index (κ3) is 3.81. The zero-order valence-corrected chi connectivity index (χ0v) is 19.2. The molecular weight excluding hydrogens is 446 g/mol. The molecule has 2 heterocycles. The summed E-state index contributed by atoms with van der Waals surface area (Å²) in [5, 5.41) is 13.3. The quantitative estimate of drug-likeness (QED) is 0.241. The van der Waals surface area contributed by atoms with Gasteiger partial charge in [-0.2, -0.15) is 0 Å². The number of carbonyl (C=O) groups is 2. The Morgan fingerprint density at radius 3 is 2.51 bits per heavy atom. The highest BCUT2D eigenvalue weighted by Gasteiger charge is 2.47. The monoisotopic (exact) mass is 469 g/mol. The van der Waals surface area contributed by atoms with E-state index < -0.39 is 17.7 Å². The van der Waals surface area contributed by atoms with Gasteiger partial charge in [0, 0.05) is 0 Å². The van der Waals surface area contributed by atoms with Crippen LogP contribution >= 0.6 is 0 Å². The molecule has 0 aliphatic carbocycles. The van der Waals surface area contributed by atoms with Gasteiger partial charge in [-0.05, 0) is 46.7 Å². The van der Waals surface area contributed by atoms with Crippen LogP contribution in [0.2, 0.25) is 0 Å². The summed E-state index contributed by atoms with van der Waals surface area (Å²) in [6.45, 7) is 0.0670. The molecular formula is C28H23NO6. The van der Waals surface area contributed by atoms with Crippen LogP contribution in [0.3, 0.4) is 0 Å². The van der Waals surface area contributed by atoms with E-state index in [9.17, 15) is 14.7 Å². The first-order chi connectivity index (χ1) is 17.0. The topological polar surface area (TPSA) is 89.2 Å². The molecule has 176 valence electrons. The van der Waals surface area contributed by atoms with E-state index in [0.29, 0.717) is 17.3 Å². The van der Waals surface area contributed by atoms with Crippen molar-refractivity contribution in [2.75, 3.05) is 14.2 Å². The number of aliphatic hydroxyl groups excluding tert-OH is 1. The Labute approximate surface area is 201 Å². The van der Waals surface area contributed by atoms with Gasteiger partial charge in [0.2, 0.25) is 0 Å². The third-order valence-electron chi connectivity index (χ3n) is 6.23. The SMILES string of the molecule is COc1ccc(OC)c(/C(O)=C2\C(=O)C(=O)N(Cc3ccco3)C2c2cccc3ccccc23)c1. The first-order valence-corrected chi connectivity index (χ1v) is 11.0. The van der Waals surface area contributed by atoms with Crippen molar-refractivity contribution in [2.24, 2.45) is 0 Å². The summed E-state index contributed by atoms with van der Waals surface area (Å²) in [6, 6.07) is 20.9. The van der Waals surface area contributed by atoms with Crippen molar-refractivity contribution < 1.29 is 28.6 Å². The highest BCUT2D eigenvalue weighted by Crippen LogP contribution is 2.44. The van der Waals surface area contributed by atoms with E-state index in [0.717, 1.165) is 16.3 Å². The average molecular weight is 469 g/mol. The number of ether oxygens (including phenoxy) is 2. The van der Waals surface area contributed by atoms with Gasteiger partial charge in [-0.3, -0.25) is 9.59 Å². The number of likely N-dealkylation sites (tertiary alicyclic amines) is 1. The van der Waals surface area contributed by atoms with Crippen LogP contribution in [0.25, 0.3) is 16.5 Å². The van der Waals surface area contributed by atoms with E-state index in [2.05, 4.69) is 0 Å². The summed E-state index contributed by atoms with van der Waals surface area (Å²) in [4.78, 5) is 28.2. The Morgan fingerprint density at radius 2 is 1.77 bits per heavy atom. The standard InChI is InChI=1S/C28H23NO6/c1-33-18-12-13-23(34-2)22(15-18)26(30)24-25(21-11-5-8-17-7-3-4-10-20(17)21)29(28(32)27(24)31)16-19-9-6-14-35-19/h3-15,25,30H,16H2,1-2H3/b26-24+. The first-order valence-electron chi connectivity index (χ1n) is 11.0. The molecule has 7 nitrogen and oxygen atoms in total. The molecule has 35 heavy (non-hydrogen) atoms. The van der Waals surface area contributed by atoms with Crippen LogP contribution in [0.15, 0.2) is 89.0 Å². The summed E-state index contributed by atoms with van der Waals surface area (Å²) in [7, 11) is 2.97. The zero-order valence-electron chi connectivity index (χ0n) is 19.2. The second-order valence-corrected chi connectivity index (χ2v) is 8.14. The normalized spacial score (nSPS) is 17.2. The predicted octanol–water partition coefficient (Wildman–Crippen LogP) is 5.07. The maximum absolute atomic E-state index is 13.4. The minimum atomic E-state index is -0.845. The number of benzene rings is 3. The molecule has 0 radical (unpaired) electrons. The lowest BCUT2D eigenvalue weighted by atomic mass is 9.91.